The summed E-state index contributed by atoms with van der Waals surface area (Å²) >= 11 is 1.27. The molecule has 1 aromatic rings. The number of hydrogen-bond donors (Lipinski definition) is 2. The number of carbonyl (C=O) groups is 2. The minimum atomic E-state index is -1.03. The van der Waals surface area contributed by atoms with E-state index in [4.69, 9.17) is 9.47 Å². The van der Waals surface area contributed by atoms with Crippen LogP contribution in [0.15, 0.2) is 0 Å². The SMILES string of the molecule is CCc1c(C)sc(NC(=O)COCCOC)c1C(=O)O. The van der Waals surface area contributed by atoms with Gasteiger partial charge in [-0.15, -0.1) is 11.3 Å². The summed E-state index contributed by atoms with van der Waals surface area (Å²) in [6.45, 7) is 4.34. The Morgan fingerprint density at radius 2 is 2.05 bits per heavy atom. The van der Waals surface area contributed by atoms with Crippen molar-refractivity contribution in [2.75, 3.05) is 32.2 Å². The number of hydrogen-bond acceptors (Lipinski definition) is 5. The molecule has 7 heteroatoms. The maximum atomic E-state index is 11.7. The van der Waals surface area contributed by atoms with Gasteiger partial charge in [-0.2, -0.15) is 0 Å². The summed E-state index contributed by atoms with van der Waals surface area (Å²) in [5, 5.41) is 12.2. The second-order valence-corrected chi connectivity index (χ2v) is 5.32. The zero-order valence-electron chi connectivity index (χ0n) is 11.8. The average Bonchev–Trinajstić information content (AvgIpc) is 2.70. The van der Waals surface area contributed by atoms with E-state index in [2.05, 4.69) is 5.32 Å². The Morgan fingerprint density at radius 1 is 1.35 bits per heavy atom. The number of aryl methyl sites for hydroxylation is 1. The van der Waals surface area contributed by atoms with E-state index < -0.39 is 5.97 Å². The molecule has 1 aromatic heterocycles. The molecule has 0 radical (unpaired) electrons. The van der Waals surface area contributed by atoms with Gasteiger partial charge in [0.25, 0.3) is 5.91 Å². The molecule has 112 valence electrons. The normalized spacial score (nSPS) is 10.6. The first-order chi connectivity index (χ1) is 9.51. The second-order valence-electron chi connectivity index (χ2n) is 4.09. The van der Waals surface area contributed by atoms with Crippen LogP contribution < -0.4 is 5.32 Å². The molecule has 0 bridgehead atoms. The smallest absolute Gasteiger partial charge is 0.339 e. The van der Waals surface area contributed by atoms with Crippen LogP contribution in [-0.4, -0.2) is 43.9 Å². The van der Waals surface area contributed by atoms with Crippen molar-refractivity contribution in [3.63, 3.8) is 0 Å². The van der Waals surface area contributed by atoms with Gasteiger partial charge in [0.05, 0.1) is 18.8 Å². The molecule has 0 aliphatic rings. The summed E-state index contributed by atoms with van der Waals surface area (Å²) in [4.78, 5) is 23.9. The number of methoxy groups -OCH3 is 1. The van der Waals surface area contributed by atoms with Crippen molar-refractivity contribution in [3.8, 4) is 0 Å². The first-order valence-corrected chi connectivity index (χ1v) is 7.05. The van der Waals surface area contributed by atoms with Crippen molar-refractivity contribution in [2.45, 2.75) is 20.3 Å². The van der Waals surface area contributed by atoms with Gasteiger partial charge in [0.2, 0.25) is 0 Å². The highest BCUT2D eigenvalue weighted by molar-refractivity contribution is 7.16. The Labute approximate surface area is 121 Å². The molecule has 20 heavy (non-hydrogen) atoms. The lowest BCUT2D eigenvalue weighted by molar-refractivity contribution is -0.121. The molecule has 1 rings (SSSR count). The third kappa shape index (κ3) is 4.29. The number of aromatic carboxylic acids is 1. The fourth-order valence-corrected chi connectivity index (χ4v) is 2.94. The monoisotopic (exact) mass is 301 g/mol. The summed E-state index contributed by atoms with van der Waals surface area (Å²) in [5.41, 5.74) is 0.943. The maximum absolute atomic E-state index is 11.7. The van der Waals surface area contributed by atoms with Crippen LogP contribution in [-0.2, 0) is 20.7 Å². The molecule has 0 saturated heterocycles. The molecule has 1 amide bonds. The Kier molecular flexibility index (Phi) is 6.63. The van der Waals surface area contributed by atoms with Crippen LogP contribution >= 0.6 is 11.3 Å². The van der Waals surface area contributed by atoms with Crippen LogP contribution in [0.1, 0.15) is 27.7 Å². The van der Waals surface area contributed by atoms with E-state index in [1.807, 2.05) is 13.8 Å². The predicted octanol–water partition coefficient (Wildman–Crippen LogP) is 1.92. The number of rotatable bonds is 8. The van der Waals surface area contributed by atoms with Crippen LogP contribution in [0.25, 0.3) is 0 Å². The van der Waals surface area contributed by atoms with Gasteiger partial charge in [-0.1, -0.05) is 6.92 Å². The Balaban J connectivity index is 2.72. The molecular weight excluding hydrogens is 282 g/mol. The number of carboxylic acids is 1. The number of ether oxygens (including phenoxy) is 2. The summed E-state index contributed by atoms with van der Waals surface area (Å²) in [6, 6.07) is 0. The van der Waals surface area contributed by atoms with Crippen LogP contribution in [0.4, 0.5) is 5.00 Å². The largest absolute Gasteiger partial charge is 0.478 e. The number of thiophene rings is 1. The summed E-state index contributed by atoms with van der Waals surface area (Å²) in [5.74, 6) is -1.39. The second kappa shape index (κ2) is 7.98. The molecule has 0 aromatic carbocycles. The summed E-state index contributed by atoms with van der Waals surface area (Å²) in [7, 11) is 1.54. The van der Waals surface area contributed by atoms with E-state index in [9.17, 15) is 14.7 Å². The minimum Gasteiger partial charge on any atom is -0.478 e. The molecule has 0 atom stereocenters. The van der Waals surface area contributed by atoms with Crippen molar-refractivity contribution in [1.82, 2.24) is 0 Å². The van der Waals surface area contributed by atoms with Gasteiger partial charge in [-0.05, 0) is 18.9 Å². The van der Waals surface area contributed by atoms with Crippen molar-refractivity contribution < 1.29 is 24.2 Å². The quantitative estimate of drug-likeness (QED) is 0.717. The Morgan fingerprint density at radius 3 is 2.60 bits per heavy atom. The average molecular weight is 301 g/mol. The third-order valence-electron chi connectivity index (χ3n) is 2.69. The standard InChI is InChI=1S/C13H19NO5S/c1-4-9-8(2)20-12(11(9)13(16)17)14-10(15)7-19-6-5-18-3/h4-7H2,1-3H3,(H,14,15)(H,16,17). The van der Waals surface area contributed by atoms with Gasteiger partial charge >= 0.3 is 5.97 Å². The zero-order valence-corrected chi connectivity index (χ0v) is 12.6. The van der Waals surface area contributed by atoms with Crippen LogP contribution in [0, 0.1) is 6.92 Å². The first kappa shape index (κ1) is 16.6. The van der Waals surface area contributed by atoms with Crippen LogP contribution in [0.3, 0.4) is 0 Å². The van der Waals surface area contributed by atoms with Gasteiger partial charge in [0.15, 0.2) is 0 Å². The Hall–Kier alpha value is -1.44. The van der Waals surface area contributed by atoms with E-state index in [0.717, 1.165) is 10.4 Å². The molecule has 0 saturated carbocycles. The molecular formula is C13H19NO5S. The maximum Gasteiger partial charge on any atom is 0.339 e. The van der Waals surface area contributed by atoms with Crippen molar-refractivity contribution in [3.05, 3.63) is 16.0 Å². The van der Waals surface area contributed by atoms with E-state index >= 15 is 0 Å². The van der Waals surface area contributed by atoms with E-state index in [0.29, 0.717) is 24.6 Å². The molecule has 0 spiro atoms. The summed E-state index contributed by atoms with van der Waals surface area (Å²) < 4.78 is 9.89. The Bertz CT molecular complexity index is 483. The van der Waals surface area contributed by atoms with E-state index in [1.54, 1.807) is 7.11 Å². The van der Waals surface area contributed by atoms with E-state index in [1.165, 1.54) is 11.3 Å². The fraction of sp³-hybridized carbons (Fsp3) is 0.538. The number of amides is 1. The van der Waals surface area contributed by atoms with Gasteiger partial charge in [-0.25, -0.2) is 4.79 Å². The lowest BCUT2D eigenvalue weighted by Crippen LogP contribution is -2.20. The van der Waals surface area contributed by atoms with Crippen molar-refractivity contribution in [1.29, 1.82) is 0 Å². The van der Waals surface area contributed by atoms with Crippen LogP contribution in [0.2, 0.25) is 0 Å². The number of anilines is 1. The summed E-state index contributed by atoms with van der Waals surface area (Å²) in [6.07, 6.45) is 0.615. The van der Waals surface area contributed by atoms with Crippen molar-refractivity contribution >= 4 is 28.2 Å². The molecule has 1 heterocycles. The topological polar surface area (TPSA) is 84.9 Å². The lowest BCUT2D eigenvalue weighted by atomic mass is 10.1. The first-order valence-electron chi connectivity index (χ1n) is 6.23. The highest BCUT2D eigenvalue weighted by Crippen LogP contribution is 2.33. The highest BCUT2D eigenvalue weighted by Gasteiger charge is 2.21. The highest BCUT2D eigenvalue weighted by atomic mass is 32.1. The van der Waals surface area contributed by atoms with Gasteiger partial charge in [0.1, 0.15) is 11.6 Å². The number of carboxylic acid groups (broad SMARTS) is 1. The molecule has 6 nitrogen and oxygen atoms in total. The molecule has 0 fully saturated rings. The molecule has 0 aliphatic carbocycles. The fourth-order valence-electron chi connectivity index (χ4n) is 1.79. The predicted molar refractivity (Wildman–Crippen MR) is 76.7 cm³/mol. The number of carbonyl (C=O) groups excluding carboxylic acids is 1. The lowest BCUT2D eigenvalue weighted by Gasteiger charge is -2.06. The van der Waals surface area contributed by atoms with Gasteiger partial charge in [0, 0.05) is 12.0 Å². The van der Waals surface area contributed by atoms with Gasteiger partial charge in [-0.3, -0.25) is 4.79 Å². The number of nitrogens with one attached hydrogen (secondary N) is 1. The van der Waals surface area contributed by atoms with Crippen LogP contribution in [0.5, 0.6) is 0 Å². The third-order valence-corrected chi connectivity index (χ3v) is 3.76. The van der Waals surface area contributed by atoms with Gasteiger partial charge < -0.3 is 19.9 Å². The van der Waals surface area contributed by atoms with E-state index in [-0.39, 0.29) is 18.1 Å². The zero-order chi connectivity index (χ0) is 15.1. The molecule has 0 unspecified atom stereocenters. The van der Waals surface area contributed by atoms with Crippen molar-refractivity contribution in [2.24, 2.45) is 0 Å². The minimum absolute atomic E-state index is 0.124. The molecule has 0 aliphatic heterocycles. The molecule has 2 N–H and O–H groups in total.